The molecule has 1 atom stereocenters. The van der Waals surface area contributed by atoms with Crippen LogP contribution in [0, 0.1) is 0 Å². The van der Waals surface area contributed by atoms with Crippen LogP contribution in [0.15, 0.2) is 24.3 Å². The zero-order chi connectivity index (χ0) is 10.1. The van der Waals surface area contributed by atoms with Gasteiger partial charge in [-0.3, -0.25) is 0 Å². The molecule has 1 heterocycles. The van der Waals surface area contributed by atoms with Crippen LogP contribution < -0.4 is 0 Å². The number of hydrogen-bond acceptors (Lipinski definition) is 3. The lowest BCUT2D eigenvalue weighted by molar-refractivity contribution is 0.169. The first-order valence-corrected chi connectivity index (χ1v) is 5.04. The molecule has 2 nitrogen and oxygen atoms in total. The molecular formula is C11H14ClNOS. The molecule has 0 fully saturated rings. The van der Waals surface area contributed by atoms with Gasteiger partial charge in [-0.15, -0.1) is 12.4 Å². The van der Waals surface area contributed by atoms with E-state index < -0.39 is 0 Å². The smallest absolute Gasteiger partial charge is 0.192 e. The van der Waals surface area contributed by atoms with E-state index in [9.17, 15) is 0 Å². The molecule has 0 aliphatic carbocycles. The molecule has 4 heteroatoms. The summed E-state index contributed by atoms with van der Waals surface area (Å²) < 4.78 is 5.63. The molecule has 0 saturated heterocycles. The zero-order valence-corrected chi connectivity index (χ0v) is 10.4. The largest absolute Gasteiger partial charge is 0.473 e. The Morgan fingerprint density at radius 2 is 2.00 bits per heavy atom. The van der Waals surface area contributed by atoms with Crippen molar-refractivity contribution in [3.63, 3.8) is 0 Å². The third-order valence-electron chi connectivity index (χ3n) is 2.31. The summed E-state index contributed by atoms with van der Waals surface area (Å²) in [4.78, 5) is 2.11. The van der Waals surface area contributed by atoms with Gasteiger partial charge in [0.15, 0.2) is 5.05 Å². The van der Waals surface area contributed by atoms with Crippen molar-refractivity contribution >= 4 is 29.7 Å². The number of nitrogens with zero attached hydrogens (tertiary/aromatic N) is 1. The van der Waals surface area contributed by atoms with Crippen LogP contribution in [0.25, 0.3) is 0 Å². The minimum Gasteiger partial charge on any atom is -0.473 e. The normalized spacial score (nSPS) is 18.3. The quantitative estimate of drug-likeness (QED) is 0.741. The molecular weight excluding hydrogens is 230 g/mol. The Hall–Kier alpha value is -0.640. The van der Waals surface area contributed by atoms with Crippen molar-refractivity contribution in [3.8, 4) is 0 Å². The number of thiocarbonyl (C=S) groups is 1. The van der Waals surface area contributed by atoms with Crippen LogP contribution in [0.1, 0.15) is 17.2 Å². The Kier molecular flexibility index (Phi) is 4.08. The van der Waals surface area contributed by atoms with E-state index in [1.165, 1.54) is 5.56 Å². The molecule has 1 aliphatic heterocycles. The number of rotatable bonds is 2. The van der Waals surface area contributed by atoms with Crippen LogP contribution in [0.2, 0.25) is 0 Å². The Morgan fingerprint density at radius 3 is 2.67 bits per heavy atom. The highest BCUT2D eigenvalue weighted by Gasteiger charge is 2.27. The van der Waals surface area contributed by atoms with Crippen LogP contribution in [0.3, 0.4) is 0 Å². The van der Waals surface area contributed by atoms with E-state index in [1.54, 1.807) is 0 Å². The predicted molar refractivity (Wildman–Crippen MR) is 67.8 cm³/mol. The number of ether oxygens (including phenoxy) is 1. The highest BCUT2D eigenvalue weighted by atomic mass is 35.5. The first kappa shape index (κ1) is 12.4. The van der Waals surface area contributed by atoms with Crippen molar-refractivity contribution in [2.45, 2.75) is 6.10 Å². The van der Waals surface area contributed by atoms with Gasteiger partial charge in [0.1, 0.15) is 6.10 Å². The molecule has 0 aromatic heterocycles. The van der Waals surface area contributed by atoms with Crippen LogP contribution >= 0.6 is 24.6 Å². The maximum absolute atomic E-state index is 5.63. The molecule has 0 radical (unpaired) electrons. The molecule has 1 unspecified atom stereocenters. The van der Waals surface area contributed by atoms with Gasteiger partial charge in [-0.2, -0.15) is 0 Å². The summed E-state index contributed by atoms with van der Waals surface area (Å²) in [5, 5.41) is 0.632. The molecule has 1 aromatic rings. The third-order valence-corrected chi connectivity index (χ3v) is 2.62. The van der Waals surface area contributed by atoms with Crippen molar-refractivity contribution in [2.75, 3.05) is 20.6 Å². The summed E-state index contributed by atoms with van der Waals surface area (Å²) in [5.74, 6) is 0. The number of likely N-dealkylation sites (N-methyl/N-ethyl adjacent to an activating group) is 1. The van der Waals surface area contributed by atoms with E-state index in [4.69, 9.17) is 17.0 Å². The van der Waals surface area contributed by atoms with E-state index in [-0.39, 0.29) is 18.5 Å². The van der Waals surface area contributed by atoms with Gasteiger partial charge in [0, 0.05) is 17.7 Å². The summed E-state index contributed by atoms with van der Waals surface area (Å²) in [6.45, 7) is 0.872. The lowest BCUT2D eigenvalue weighted by Crippen LogP contribution is -2.20. The van der Waals surface area contributed by atoms with Crippen molar-refractivity contribution in [1.29, 1.82) is 0 Å². The minimum absolute atomic E-state index is 0. The summed E-state index contributed by atoms with van der Waals surface area (Å²) in [5.41, 5.74) is 2.29. The highest BCUT2D eigenvalue weighted by molar-refractivity contribution is 7.80. The van der Waals surface area contributed by atoms with Crippen molar-refractivity contribution < 1.29 is 4.74 Å². The van der Waals surface area contributed by atoms with Gasteiger partial charge in [0.2, 0.25) is 0 Å². The van der Waals surface area contributed by atoms with E-state index >= 15 is 0 Å². The molecule has 1 aliphatic rings. The second-order valence-corrected chi connectivity index (χ2v) is 4.11. The SMILES string of the molecule is CN(C)CC1OC(=S)c2ccccc21.Cl. The van der Waals surface area contributed by atoms with Crippen molar-refractivity contribution in [3.05, 3.63) is 35.4 Å². The first-order valence-electron chi connectivity index (χ1n) is 4.63. The van der Waals surface area contributed by atoms with Crippen LogP contribution in [-0.2, 0) is 4.74 Å². The summed E-state index contributed by atoms with van der Waals surface area (Å²) in [6, 6.07) is 8.13. The van der Waals surface area contributed by atoms with Gasteiger partial charge in [0.25, 0.3) is 0 Å². The van der Waals surface area contributed by atoms with Crippen molar-refractivity contribution in [1.82, 2.24) is 4.90 Å². The van der Waals surface area contributed by atoms with Gasteiger partial charge in [0.05, 0.1) is 0 Å². The van der Waals surface area contributed by atoms with E-state index in [0.717, 1.165) is 12.1 Å². The molecule has 15 heavy (non-hydrogen) atoms. The number of hydrogen-bond donors (Lipinski definition) is 0. The maximum Gasteiger partial charge on any atom is 0.192 e. The zero-order valence-electron chi connectivity index (χ0n) is 8.77. The molecule has 0 spiro atoms. The molecule has 0 N–H and O–H groups in total. The molecule has 0 bridgehead atoms. The Balaban J connectivity index is 0.00000112. The second kappa shape index (κ2) is 4.92. The standard InChI is InChI=1S/C11H13NOS.ClH/c1-12(2)7-10-8-5-3-4-6-9(8)11(14)13-10;/h3-6,10H,7H2,1-2H3;1H. The summed E-state index contributed by atoms with van der Waals surface area (Å²) >= 11 is 5.16. The predicted octanol–water partition coefficient (Wildman–Crippen LogP) is 2.42. The van der Waals surface area contributed by atoms with Crippen LogP contribution in [0.4, 0.5) is 0 Å². The number of fused-ring (bicyclic) bond motifs is 1. The molecule has 82 valence electrons. The lowest BCUT2D eigenvalue weighted by atomic mass is 10.1. The van der Waals surface area contributed by atoms with E-state index in [2.05, 4.69) is 11.0 Å². The van der Waals surface area contributed by atoms with Gasteiger partial charge < -0.3 is 9.64 Å². The summed E-state index contributed by atoms with van der Waals surface area (Å²) in [7, 11) is 4.07. The monoisotopic (exact) mass is 243 g/mol. The number of halogens is 1. The van der Waals surface area contributed by atoms with Gasteiger partial charge in [-0.25, -0.2) is 0 Å². The molecule has 0 saturated carbocycles. The van der Waals surface area contributed by atoms with E-state index in [0.29, 0.717) is 5.05 Å². The van der Waals surface area contributed by atoms with Crippen molar-refractivity contribution in [2.24, 2.45) is 0 Å². The molecule has 2 rings (SSSR count). The fraction of sp³-hybridized carbons (Fsp3) is 0.364. The number of benzene rings is 1. The highest BCUT2D eigenvalue weighted by Crippen LogP contribution is 2.30. The topological polar surface area (TPSA) is 12.5 Å². The molecule has 1 aromatic carbocycles. The summed E-state index contributed by atoms with van der Waals surface area (Å²) in [6.07, 6.45) is 0.105. The third kappa shape index (κ3) is 2.48. The van der Waals surface area contributed by atoms with Crippen LogP contribution in [0.5, 0.6) is 0 Å². The second-order valence-electron chi connectivity index (χ2n) is 3.74. The first-order chi connectivity index (χ1) is 6.68. The fourth-order valence-corrected chi connectivity index (χ4v) is 1.99. The Bertz CT molecular complexity index is 367. The maximum atomic E-state index is 5.63. The lowest BCUT2D eigenvalue weighted by Gasteiger charge is -2.16. The Labute approximate surface area is 102 Å². The van der Waals surface area contributed by atoms with Crippen LogP contribution in [-0.4, -0.2) is 30.6 Å². The van der Waals surface area contributed by atoms with E-state index in [1.807, 2.05) is 32.3 Å². The average Bonchev–Trinajstić information content (AvgIpc) is 2.44. The minimum atomic E-state index is 0. The van der Waals surface area contributed by atoms with Gasteiger partial charge in [-0.05, 0) is 32.4 Å². The van der Waals surface area contributed by atoms with Gasteiger partial charge >= 0.3 is 0 Å². The fourth-order valence-electron chi connectivity index (χ4n) is 1.69. The molecule has 0 amide bonds. The Morgan fingerprint density at radius 1 is 1.33 bits per heavy atom. The van der Waals surface area contributed by atoms with Gasteiger partial charge in [-0.1, -0.05) is 18.2 Å². The average molecular weight is 244 g/mol.